The van der Waals surface area contributed by atoms with Crippen molar-refractivity contribution in [3.63, 3.8) is 0 Å². The highest BCUT2D eigenvalue weighted by atomic mass is 32.2. The van der Waals surface area contributed by atoms with Crippen LogP contribution in [-0.2, 0) is 14.8 Å². The number of amides is 2. The van der Waals surface area contributed by atoms with Crippen LogP contribution in [0.25, 0.3) is 0 Å². The van der Waals surface area contributed by atoms with Gasteiger partial charge in [-0.2, -0.15) is 4.31 Å². The van der Waals surface area contributed by atoms with Crippen LogP contribution in [-0.4, -0.2) is 55.6 Å². The van der Waals surface area contributed by atoms with Crippen LogP contribution in [0.15, 0.2) is 33.9 Å². The number of carbonyl (C=O) groups is 2. The molecule has 2 aromatic rings. The number of hydrogen-bond donors (Lipinski definition) is 1. The van der Waals surface area contributed by atoms with Crippen LogP contribution in [0.4, 0.5) is 5.69 Å². The van der Waals surface area contributed by atoms with E-state index in [9.17, 15) is 18.0 Å². The van der Waals surface area contributed by atoms with E-state index >= 15 is 0 Å². The Morgan fingerprint density at radius 3 is 2.21 bits per heavy atom. The molecular formula is C24H31N3O4S2. The maximum atomic E-state index is 13.2. The van der Waals surface area contributed by atoms with E-state index in [0.717, 1.165) is 60.5 Å². The second-order valence-electron chi connectivity index (χ2n) is 9.05. The van der Waals surface area contributed by atoms with Gasteiger partial charge in [0.15, 0.2) is 0 Å². The van der Waals surface area contributed by atoms with Gasteiger partial charge in [0.05, 0.1) is 5.56 Å². The summed E-state index contributed by atoms with van der Waals surface area (Å²) in [6.07, 6.45) is 4.06. The highest BCUT2D eigenvalue weighted by Gasteiger charge is 2.33. The van der Waals surface area contributed by atoms with Crippen LogP contribution < -0.4 is 5.32 Å². The third-order valence-electron chi connectivity index (χ3n) is 6.37. The summed E-state index contributed by atoms with van der Waals surface area (Å²) in [6, 6.07) is 7.43. The predicted molar refractivity (Wildman–Crippen MR) is 130 cm³/mol. The first-order chi connectivity index (χ1) is 15.7. The van der Waals surface area contributed by atoms with Crippen molar-refractivity contribution in [1.29, 1.82) is 0 Å². The zero-order valence-corrected chi connectivity index (χ0v) is 20.8. The van der Waals surface area contributed by atoms with E-state index in [2.05, 4.69) is 11.4 Å². The van der Waals surface area contributed by atoms with Crippen LogP contribution in [0.2, 0.25) is 0 Å². The Morgan fingerprint density at radius 2 is 1.58 bits per heavy atom. The highest BCUT2D eigenvalue weighted by molar-refractivity contribution is 7.91. The maximum absolute atomic E-state index is 13.2. The number of likely N-dealkylation sites (tertiary alicyclic amines) is 1. The lowest BCUT2D eigenvalue weighted by atomic mass is 9.97. The standard InChI is InChI=1S/C24H31N3O4S2/c1-17-12-18(2)14-21(13-17)25-23(28)19-6-10-27(11-7-19)33(30,31)22-15-20(16-32-22)24(29)26-8-4-3-5-9-26/h12-16,19H,3-11H2,1-2H3,(H,25,28). The lowest BCUT2D eigenvalue weighted by Gasteiger charge is -2.30. The fraction of sp³-hybridized carbons (Fsp3) is 0.500. The molecule has 2 saturated heterocycles. The summed E-state index contributed by atoms with van der Waals surface area (Å²) >= 11 is 1.10. The Hall–Kier alpha value is -2.23. The normalized spacial score (nSPS) is 18.3. The smallest absolute Gasteiger partial charge is 0.254 e. The summed E-state index contributed by atoms with van der Waals surface area (Å²) in [5, 5.41) is 4.63. The summed E-state index contributed by atoms with van der Waals surface area (Å²) in [5.41, 5.74) is 3.39. The molecule has 0 unspecified atom stereocenters. The minimum Gasteiger partial charge on any atom is -0.339 e. The Morgan fingerprint density at radius 1 is 0.939 bits per heavy atom. The molecule has 0 spiro atoms. The molecule has 0 radical (unpaired) electrons. The lowest BCUT2D eigenvalue weighted by molar-refractivity contribution is -0.120. The molecule has 0 saturated carbocycles. The van der Waals surface area contributed by atoms with E-state index in [0.29, 0.717) is 31.5 Å². The molecule has 2 fully saturated rings. The van der Waals surface area contributed by atoms with Gasteiger partial charge < -0.3 is 10.2 Å². The molecule has 0 aliphatic carbocycles. The van der Waals surface area contributed by atoms with Crippen molar-refractivity contribution in [2.75, 3.05) is 31.5 Å². The zero-order chi connectivity index (χ0) is 23.6. The van der Waals surface area contributed by atoms with Crippen LogP contribution in [0.5, 0.6) is 0 Å². The van der Waals surface area contributed by atoms with E-state index in [1.165, 1.54) is 10.4 Å². The number of carbonyl (C=O) groups excluding carboxylic acids is 2. The summed E-state index contributed by atoms with van der Waals surface area (Å²) in [7, 11) is -3.68. The van der Waals surface area contributed by atoms with Crippen molar-refractivity contribution in [2.24, 2.45) is 5.92 Å². The maximum Gasteiger partial charge on any atom is 0.254 e. The predicted octanol–water partition coefficient (Wildman–Crippen LogP) is 4.03. The first-order valence-electron chi connectivity index (χ1n) is 11.5. The molecule has 1 aromatic heterocycles. The number of benzene rings is 1. The molecule has 2 amide bonds. The number of thiophene rings is 1. The molecule has 0 atom stereocenters. The van der Waals surface area contributed by atoms with Gasteiger partial charge in [0.2, 0.25) is 5.91 Å². The molecule has 33 heavy (non-hydrogen) atoms. The van der Waals surface area contributed by atoms with Crippen molar-refractivity contribution in [3.8, 4) is 0 Å². The molecule has 0 bridgehead atoms. The number of nitrogens with zero attached hydrogens (tertiary/aromatic N) is 2. The van der Waals surface area contributed by atoms with E-state index in [4.69, 9.17) is 0 Å². The average Bonchev–Trinajstić information content (AvgIpc) is 3.30. The fourth-order valence-electron chi connectivity index (χ4n) is 4.62. The molecular weight excluding hydrogens is 458 g/mol. The second kappa shape index (κ2) is 9.95. The number of sulfonamides is 1. The van der Waals surface area contributed by atoms with Crippen molar-refractivity contribution in [2.45, 2.75) is 50.2 Å². The summed E-state index contributed by atoms with van der Waals surface area (Å²) in [4.78, 5) is 27.2. The molecule has 178 valence electrons. The van der Waals surface area contributed by atoms with Gasteiger partial charge in [-0.05, 0) is 75.3 Å². The Balaban J connectivity index is 1.36. The van der Waals surface area contributed by atoms with Gasteiger partial charge in [-0.15, -0.1) is 11.3 Å². The van der Waals surface area contributed by atoms with Crippen molar-refractivity contribution < 1.29 is 18.0 Å². The van der Waals surface area contributed by atoms with E-state index in [1.54, 1.807) is 5.38 Å². The molecule has 1 N–H and O–H groups in total. The number of nitrogens with one attached hydrogen (secondary N) is 1. The molecule has 1 aromatic carbocycles. The van der Waals surface area contributed by atoms with Crippen LogP contribution in [0, 0.1) is 19.8 Å². The van der Waals surface area contributed by atoms with Gasteiger partial charge in [0.1, 0.15) is 4.21 Å². The molecule has 7 nitrogen and oxygen atoms in total. The quantitative estimate of drug-likeness (QED) is 0.687. The van der Waals surface area contributed by atoms with Gasteiger partial charge in [-0.25, -0.2) is 8.42 Å². The minimum absolute atomic E-state index is 0.0670. The zero-order valence-electron chi connectivity index (χ0n) is 19.2. The van der Waals surface area contributed by atoms with Crippen LogP contribution in [0.1, 0.15) is 53.6 Å². The lowest BCUT2D eigenvalue weighted by Crippen LogP contribution is -2.41. The van der Waals surface area contributed by atoms with Gasteiger partial charge in [-0.3, -0.25) is 9.59 Å². The summed E-state index contributed by atoms with van der Waals surface area (Å²) in [5.74, 6) is -0.381. The monoisotopic (exact) mass is 489 g/mol. The topological polar surface area (TPSA) is 86.8 Å². The van der Waals surface area contributed by atoms with Gasteiger partial charge in [0, 0.05) is 43.2 Å². The number of piperidine rings is 2. The summed E-state index contributed by atoms with van der Waals surface area (Å²) < 4.78 is 27.9. The molecule has 4 rings (SSSR count). The van der Waals surface area contributed by atoms with Gasteiger partial charge in [0.25, 0.3) is 15.9 Å². The van der Waals surface area contributed by atoms with Crippen molar-refractivity contribution >= 4 is 38.9 Å². The van der Waals surface area contributed by atoms with Crippen molar-refractivity contribution in [1.82, 2.24) is 9.21 Å². The Bertz CT molecular complexity index is 1110. The first-order valence-corrected chi connectivity index (χ1v) is 13.8. The number of aryl methyl sites for hydroxylation is 2. The van der Waals surface area contributed by atoms with E-state index in [-0.39, 0.29) is 21.9 Å². The minimum atomic E-state index is -3.68. The second-order valence-corrected chi connectivity index (χ2v) is 12.1. The van der Waals surface area contributed by atoms with E-state index < -0.39 is 10.0 Å². The SMILES string of the molecule is Cc1cc(C)cc(NC(=O)C2CCN(S(=O)(=O)c3cc(C(=O)N4CCCCC4)cs3)CC2)c1. The summed E-state index contributed by atoms with van der Waals surface area (Å²) in [6.45, 7) is 6.02. The highest BCUT2D eigenvalue weighted by Crippen LogP contribution is 2.29. The third kappa shape index (κ3) is 5.47. The number of rotatable bonds is 5. The van der Waals surface area contributed by atoms with Crippen LogP contribution >= 0.6 is 11.3 Å². The van der Waals surface area contributed by atoms with Crippen molar-refractivity contribution in [3.05, 3.63) is 46.3 Å². The molecule has 2 aliphatic rings. The van der Waals surface area contributed by atoms with Gasteiger partial charge in [-0.1, -0.05) is 6.07 Å². The number of anilines is 1. The van der Waals surface area contributed by atoms with Gasteiger partial charge >= 0.3 is 0 Å². The molecule has 9 heteroatoms. The Labute approximate surface area is 199 Å². The largest absolute Gasteiger partial charge is 0.339 e. The molecule has 3 heterocycles. The number of hydrogen-bond acceptors (Lipinski definition) is 5. The third-order valence-corrected chi connectivity index (χ3v) is 9.69. The Kier molecular flexibility index (Phi) is 7.21. The van der Waals surface area contributed by atoms with E-state index in [1.807, 2.05) is 30.9 Å². The van der Waals surface area contributed by atoms with Crippen LogP contribution in [0.3, 0.4) is 0 Å². The molecule has 2 aliphatic heterocycles. The first kappa shape index (κ1) is 23.9. The average molecular weight is 490 g/mol. The fourth-order valence-corrected chi connectivity index (χ4v) is 7.40.